The molecule has 0 spiro atoms. The van der Waals surface area contributed by atoms with Gasteiger partial charge in [-0.1, -0.05) is 29.3 Å². The number of hydrogen-bond donors (Lipinski definition) is 1. The molecule has 7 heteroatoms. The third-order valence-electron chi connectivity index (χ3n) is 4.98. The van der Waals surface area contributed by atoms with Crippen molar-refractivity contribution in [3.8, 4) is 16.8 Å². The smallest absolute Gasteiger partial charge is 0.108 e. The van der Waals surface area contributed by atoms with Crippen LogP contribution in [0.3, 0.4) is 0 Å². The molecule has 5 aromatic rings. The summed E-state index contributed by atoms with van der Waals surface area (Å²) in [5.41, 5.74) is 12.3. The molecule has 0 unspecified atom stereocenters. The third kappa shape index (κ3) is 3.20. The summed E-state index contributed by atoms with van der Waals surface area (Å²) in [6, 6.07) is 12.2. The van der Waals surface area contributed by atoms with E-state index in [0.29, 0.717) is 22.3 Å². The van der Waals surface area contributed by atoms with Crippen LogP contribution in [0.15, 0.2) is 59.7 Å². The summed E-state index contributed by atoms with van der Waals surface area (Å²) in [6.45, 7) is 0.543. The predicted octanol–water partition coefficient (Wildman–Crippen LogP) is 6.11. The summed E-state index contributed by atoms with van der Waals surface area (Å²) in [5.74, 6) is 0. The first-order valence-electron chi connectivity index (χ1n) is 9.12. The Labute approximate surface area is 181 Å². The number of aromatic nitrogens is 3. The molecular weight excluding hydrogens is 423 g/mol. The Morgan fingerprint density at radius 1 is 0.966 bits per heavy atom. The molecule has 29 heavy (non-hydrogen) atoms. The Kier molecular flexibility index (Phi) is 4.76. The van der Waals surface area contributed by atoms with Crippen molar-refractivity contribution in [2.75, 3.05) is 6.54 Å². The van der Waals surface area contributed by atoms with Crippen molar-refractivity contribution in [2.45, 2.75) is 6.42 Å². The van der Waals surface area contributed by atoms with Crippen LogP contribution in [0.2, 0.25) is 10.0 Å². The van der Waals surface area contributed by atoms with Crippen LogP contribution in [0, 0.1) is 0 Å². The Hall–Kier alpha value is -2.44. The number of nitrogens with two attached hydrogens (primary N) is 1. The van der Waals surface area contributed by atoms with E-state index < -0.39 is 0 Å². The fourth-order valence-corrected chi connectivity index (χ4v) is 5.01. The van der Waals surface area contributed by atoms with E-state index in [2.05, 4.69) is 38.9 Å². The second-order valence-electron chi connectivity index (χ2n) is 6.80. The quantitative estimate of drug-likeness (QED) is 0.368. The van der Waals surface area contributed by atoms with Gasteiger partial charge in [0.25, 0.3) is 0 Å². The summed E-state index contributed by atoms with van der Waals surface area (Å²) in [7, 11) is 0. The van der Waals surface area contributed by atoms with E-state index in [1.165, 1.54) is 5.56 Å². The first-order valence-corrected chi connectivity index (χ1v) is 10.8. The van der Waals surface area contributed by atoms with Gasteiger partial charge in [-0.15, -0.1) is 0 Å². The Balaban J connectivity index is 1.78. The predicted molar refractivity (Wildman–Crippen MR) is 122 cm³/mol. The molecule has 0 saturated carbocycles. The topological polar surface area (TPSA) is 56.7 Å². The third-order valence-corrected chi connectivity index (χ3v) is 6.24. The first kappa shape index (κ1) is 18.6. The fourth-order valence-electron chi connectivity index (χ4n) is 3.63. The van der Waals surface area contributed by atoms with Crippen molar-refractivity contribution in [3.63, 3.8) is 0 Å². The van der Waals surface area contributed by atoms with Crippen LogP contribution in [0.5, 0.6) is 0 Å². The molecule has 4 nitrogen and oxygen atoms in total. The van der Waals surface area contributed by atoms with Gasteiger partial charge in [0.05, 0.1) is 33.0 Å². The summed E-state index contributed by atoms with van der Waals surface area (Å²) in [5, 5.41) is 6.35. The van der Waals surface area contributed by atoms with Crippen LogP contribution >= 0.6 is 34.5 Å². The second-order valence-corrected chi connectivity index (χ2v) is 8.39. The lowest BCUT2D eigenvalue weighted by Gasteiger charge is -2.13. The van der Waals surface area contributed by atoms with Crippen molar-refractivity contribution in [1.82, 2.24) is 14.5 Å². The second kappa shape index (κ2) is 7.43. The highest BCUT2D eigenvalue weighted by molar-refractivity contribution is 7.08. The number of halogens is 2. The molecule has 0 aliphatic rings. The molecule has 0 saturated heterocycles. The fraction of sp³-hybridized carbons (Fsp3) is 0.0909. The van der Waals surface area contributed by atoms with Crippen LogP contribution < -0.4 is 5.73 Å². The number of rotatable bonds is 4. The van der Waals surface area contributed by atoms with Gasteiger partial charge in [-0.2, -0.15) is 11.3 Å². The van der Waals surface area contributed by atoms with E-state index >= 15 is 0 Å². The number of thiophene rings is 1. The maximum Gasteiger partial charge on any atom is 0.108 e. The molecule has 0 atom stereocenters. The van der Waals surface area contributed by atoms with E-state index in [4.69, 9.17) is 28.9 Å². The highest BCUT2D eigenvalue weighted by Gasteiger charge is 2.16. The monoisotopic (exact) mass is 438 g/mol. The summed E-state index contributed by atoms with van der Waals surface area (Å²) < 4.78 is 1.95. The molecule has 0 radical (unpaired) electrons. The number of nitrogens with zero attached hydrogens (tertiary/aromatic N) is 3. The number of pyridine rings is 1. The van der Waals surface area contributed by atoms with Gasteiger partial charge in [-0.25, -0.2) is 4.98 Å². The lowest BCUT2D eigenvalue weighted by atomic mass is 10.1. The van der Waals surface area contributed by atoms with Crippen molar-refractivity contribution in [1.29, 1.82) is 0 Å². The molecule has 2 N–H and O–H groups in total. The van der Waals surface area contributed by atoms with Crippen LogP contribution in [-0.2, 0) is 6.42 Å². The Morgan fingerprint density at radius 3 is 2.52 bits per heavy atom. The molecule has 0 amide bonds. The first-order chi connectivity index (χ1) is 14.2. The van der Waals surface area contributed by atoms with E-state index in [1.807, 2.05) is 22.8 Å². The van der Waals surface area contributed by atoms with Gasteiger partial charge >= 0.3 is 0 Å². The highest BCUT2D eigenvalue weighted by Crippen LogP contribution is 2.35. The SMILES string of the molecule is NCCc1cc(Cl)c(-n2cnc3cnc4ccc(-c5ccsc5)cc4c32)c(Cl)c1. The average Bonchev–Trinajstić information content (AvgIpc) is 3.38. The molecule has 0 fully saturated rings. The van der Waals surface area contributed by atoms with E-state index in [9.17, 15) is 0 Å². The van der Waals surface area contributed by atoms with Gasteiger partial charge in [0.2, 0.25) is 0 Å². The lowest BCUT2D eigenvalue weighted by Crippen LogP contribution is -2.04. The zero-order valence-corrected chi connectivity index (χ0v) is 17.6. The number of benzene rings is 2. The molecule has 2 aromatic carbocycles. The minimum Gasteiger partial charge on any atom is -0.330 e. The van der Waals surface area contributed by atoms with Gasteiger partial charge in [0.1, 0.15) is 11.8 Å². The van der Waals surface area contributed by atoms with Crippen molar-refractivity contribution in [2.24, 2.45) is 5.73 Å². The molecule has 5 rings (SSSR count). The largest absolute Gasteiger partial charge is 0.330 e. The zero-order chi connectivity index (χ0) is 20.0. The molecule has 3 heterocycles. The summed E-state index contributed by atoms with van der Waals surface area (Å²) >= 11 is 15.0. The van der Waals surface area contributed by atoms with Gasteiger partial charge in [0, 0.05) is 5.39 Å². The molecule has 0 aliphatic carbocycles. The number of imidazole rings is 1. The van der Waals surface area contributed by atoms with E-state index in [0.717, 1.165) is 39.5 Å². The minimum atomic E-state index is 0.543. The minimum absolute atomic E-state index is 0.543. The average molecular weight is 439 g/mol. The highest BCUT2D eigenvalue weighted by atomic mass is 35.5. The lowest BCUT2D eigenvalue weighted by molar-refractivity contribution is 0.966. The summed E-state index contributed by atoms with van der Waals surface area (Å²) in [6.07, 6.45) is 4.25. The molecule has 3 aromatic heterocycles. The van der Waals surface area contributed by atoms with Crippen molar-refractivity contribution in [3.05, 3.63) is 75.3 Å². The molecule has 144 valence electrons. The van der Waals surface area contributed by atoms with E-state index in [1.54, 1.807) is 23.9 Å². The maximum absolute atomic E-state index is 6.64. The van der Waals surface area contributed by atoms with Gasteiger partial charge in [-0.3, -0.25) is 9.55 Å². The van der Waals surface area contributed by atoms with Crippen LogP contribution in [-0.4, -0.2) is 21.1 Å². The normalized spacial score (nSPS) is 11.6. The Bertz CT molecular complexity index is 1320. The van der Waals surface area contributed by atoms with Crippen LogP contribution in [0.1, 0.15) is 5.56 Å². The van der Waals surface area contributed by atoms with Gasteiger partial charge in [-0.05, 0) is 70.7 Å². The molecular formula is C22H16Cl2N4S. The maximum atomic E-state index is 6.64. The van der Waals surface area contributed by atoms with Gasteiger partial charge in [0.15, 0.2) is 0 Å². The van der Waals surface area contributed by atoms with E-state index in [-0.39, 0.29) is 0 Å². The zero-order valence-electron chi connectivity index (χ0n) is 15.3. The molecule has 0 aliphatic heterocycles. The number of fused-ring (bicyclic) bond motifs is 3. The van der Waals surface area contributed by atoms with Crippen molar-refractivity contribution < 1.29 is 0 Å². The molecule has 0 bridgehead atoms. The summed E-state index contributed by atoms with van der Waals surface area (Å²) in [4.78, 5) is 9.11. The van der Waals surface area contributed by atoms with Gasteiger partial charge < -0.3 is 5.73 Å². The Morgan fingerprint density at radius 2 is 1.79 bits per heavy atom. The number of hydrogen-bond acceptors (Lipinski definition) is 4. The standard InChI is InChI=1S/C22H16Cl2N4S/c23-17-7-13(3-5-25)8-18(24)22(17)28-12-27-20-10-26-19-2-1-14(9-16(19)21(20)28)15-4-6-29-11-15/h1-2,4,6-12H,3,5,25H2. The van der Waals surface area contributed by atoms with Crippen molar-refractivity contribution >= 4 is 56.5 Å². The van der Waals surface area contributed by atoms with Crippen LogP contribution in [0.4, 0.5) is 0 Å². The van der Waals surface area contributed by atoms with Crippen LogP contribution in [0.25, 0.3) is 38.8 Å².